The number of hydrogen-bond donors (Lipinski definition) is 2. The van der Waals surface area contributed by atoms with Crippen molar-refractivity contribution in [2.75, 3.05) is 6.61 Å². The van der Waals surface area contributed by atoms with E-state index in [9.17, 15) is 9.36 Å². The van der Waals surface area contributed by atoms with Gasteiger partial charge in [-0.05, 0) is 74.9 Å². The van der Waals surface area contributed by atoms with E-state index in [1.807, 2.05) is 74.0 Å². The van der Waals surface area contributed by atoms with Gasteiger partial charge in [0.15, 0.2) is 5.78 Å². The first-order chi connectivity index (χ1) is 18.5. The number of pyridine rings is 1. The van der Waals surface area contributed by atoms with Gasteiger partial charge in [-0.2, -0.15) is 0 Å². The minimum absolute atomic E-state index is 0.0503. The van der Waals surface area contributed by atoms with Crippen molar-refractivity contribution in [2.45, 2.75) is 46.1 Å². The van der Waals surface area contributed by atoms with Crippen LogP contribution in [-0.4, -0.2) is 37.7 Å². The Morgan fingerprint density at radius 2 is 1.87 bits per heavy atom. The summed E-state index contributed by atoms with van der Waals surface area (Å²) < 4.78 is 23.5. The Bertz CT molecular complexity index is 1500. The topological polar surface area (TPSA) is 110 Å². The summed E-state index contributed by atoms with van der Waals surface area (Å²) in [4.78, 5) is 36.1. The maximum Gasteiger partial charge on any atom is 0.469 e. The number of carbonyl (C=O) groups excluding carboxylic acids is 1. The van der Waals surface area contributed by atoms with E-state index in [1.54, 1.807) is 18.2 Å². The Labute approximate surface area is 232 Å². The van der Waals surface area contributed by atoms with Crippen molar-refractivity contribution in [1.82, 2.24) is 9.38 Å². The molecule has 0 aliphatic heterocycles. The van der Waals surface area contributed by atoms with E-state index in [0.717, 1.165) is 28.0 Å². The summed E-state index contributed by atoms with van der Waals surface area (Å²) in [6.07, 6.45) is 4.90. The van der Waals surface area contributed by atoms with Crippen LogP contribution in [0.2, 0.25) is 5.02 Å². The highest BCUT2D eigenvalue weighted by Gasteiger charge is 2.20. The number of phosphoric acid groups is 1. The second kappa shape index (κ2) is 12.5. The van der Waals surface area contributed by atoms with Crippen molar-refractivity contribution >= 4 is 30.9 Å². The molecule has 0 aliphatic carbocycles. The second-order valence-electron chi connectivity index (χ2n) is 9.87. The fraction of sp³-hybridized carbons (Fsp3) is 0.310. The minimum Gasteiger partial charge on any atom is -0.489 e. The number of aromatic nitrogens is 2. The lowest BCUT2D eigenvalue weighted by atomic mass is 9.89. The van der Waals surface area contributed by atoms with Gasteiger partial charge in [0.1, 0.15) is 11.4 Å². The lowest BCUT2D eigenvalue weighted by molar-refractivity contribution is 0.0952. The molecule has 0 amide bonds. The van der Waals surface area contributed by atoms with E-state index in [1.165, 1.54) is 0 Å². The average Bonchev–Trinajstić information content (AvgIpc) is 3.30. The number of aryl methyl sites for hydroxylation is 1. The number of ether oxygens (including phenoxy) is 1. The highest BCUT2D eigenvalue weighted by molar-refractivity contribution is 7.46. The Hall–Kier alpha value is -3.00. The number of imidazole rings is 1. The largest absolute Gasteiger partial charge is 0.489 e. The monoisotopic (exact) mass is 570 g/mol. The van der Waals surface area contributed by atoms with Crippen LogP contribution in [0, 0.1) is 12.8 Å². The Kier molecular flexibility index (Phi) is 9.26. The average molecular weight is 571 g/mol. The van der Waals surface area contributed by atoms with Crippen LogP contribution < -0.4 is 4.74 Å². The number of ketones is 1. The number of Topliss-reactive ketones (excluding diaryl/α,β-unsaturated/α-hetero) is 1. The quantitative estimate of drug-likeness (QED) is 0.144. The molecule has 2 N–H and O–H groups in total. The van der Waals surface area contributed by atoms with Crippen LogP contribution >= 0.6 is 19.4 Å². The van der Waals surface area contributed by atoms with E-state index < -0.39 is 7.82 Å². The summed E-state index contributed by atoms with van der Waals surface area (Å²) >= 11 is 6.33. The standard InChI is InChI=1S/C29H32ClN2O6P/c1-19(2)38-28-11-10-24(17-25(28)30)27(33)16-22(12-14-37-39(34,35)36)15-21-6-8-23(9-7-21)26-18-32-13-4-5-20(3)29(32)31-26/h4-11,13,17-19,22H,12,14-16H2,1-3H3,(H2,34,35,36)/t22-/m1/s1. The van der Waals surface area contributed by atoms with Crippen molar-refractivity contribution < 1.29 is 28.4 Å². The molecule has 0 saturated carbocycles. The van der Waals surface area contributed by atoms with Gasteiger partial charge in [-0.3, -0.25) is 9.32 Å². The molecular weight excluding hydrogens is 539 g/mol. The molecule has 4 aromatic rings. The van der Waals surface area contributed by atoms with Crippen LogP contribution in [0.4, 0.5) is 0 Å². The van der Waals surface area contributed by atoms with Gasteiger partial charge >= 0.3 is 7.82 Å². The summed E-state index contributed by atoms with van der Waals surface area (Å²) in [6, 6.07) is 16.9. The third kappa shape index (κ3) is 8.01. The van der Waals surface area contributed by atoms with Gasteiger partial charge in [0.25, 0.3) is 0 Å². The number of halogens is 1. The van der Waals surface area contributed by atoms with E-state index in [0.29, 0.717) is 29.2 Å². The van der Waals surface area contributed by atoms with Crippen LogP contribution in [0.25, 0.3) is 16.9 Å². The fourth-order valence-electron chi connectivity index (χ4n) is 4.46. The smallest absolute Gasteiger partial charge is 0.469 e. The molecule has 2 aromatic carbocycles. The summed E-state index contributed by atoms with van der Waals surface area (Å²) in [5.41, 5.74) is 5.27. The lowest BCUT2D eigenvalue weighted by Crippen LogP contribution is -2.14. The molecule has 1 atom stereocenters. The van der Waals surface area contributed by atoms with Crippen molar-refractivity contribution in [1.29, 1.82) is 0 Å². The zero-order valence-electron chi connectivity index (χ0n) is 22.1. The van der Waals surface area contributed by atoms with Crippen LogP contribution in [0.1, 0.15) is 48.2 Å². The number of hydrogen-bond acceptors (Lipinski definition) is 5. The Morgan fingerprint density at radius 3 is 2.51 bits per heavy atom. The molecule has 0 bridgehead atoms. The van der Waals surface area contributed by atoms with Crippen LogP contribution in [-0.2, 0) is 15.5 Å². The summed E-state index contributed by atoms with van der Waals surface area (Å²) in [7, 11) is -4.60. The summed E-state index contributed by atoms with van der Waals surface area (Å²) in [5, 5.41) is 0.355. The third-order valence-electron chi connectivity index (χ3n) is 6.33. The lowest BCUT2D eigenvalue weighted by Gasteiger charge is -2.18. The molecule has 0 unspecified atom stereocenters. The predicted octanol–water partition coefficient (Wildman–Crippen LogP) is 6.68. The maximum absolute atomic E-state index is 13.1. The predicted molar refractivity (Wildman–Crippen MR) is 151 cm³/mol. The Morgan fingerprint density at radius 1 is 1.13 bits per heavy atom. The van der Waals surface area contributed by atoms with Gasteiger partial charge in [-0.15, -0.1) is 0 Å². The van der Waals surface area contributed by atoms with Crippen LogP contribution in [0.5, 0.6) is 5.75 Å². The van der Waals surface area contributed by atoms with E-state index in [2.05, 4.69) is 4.52 Å². The highest BCUT2D eigenvalue weighted by Crippen LogP contribution is 2.36. The number of phosphoric ester groups is 1. The molecule has 2 aromatic heterocycles. The first-order valence-electron chi connectivity index (χ1n) is 12.7. The molecule has 10 heteroatoms. The molecule has 2 heterocycles. The summed E-state index contributed by atoms with van der Waals surface area (Å²) in [5.74, 6) is 0.180. The van der Waals surface area contributed by atoms with Gasteiger partial charge in [0.05, 0.1) is 23.4 Å². The second-order valence-corrected chi connectivity index (χ2v) is 11.5. The molecule has 4 rings (SSSR count). The highest BCUT2D eigenvalue weighted by atomic mass is 35.5. The number of rotatable bonds is 12. The first-order valence-corrected chi connectivity index (χ1v) is 14.6. The fourth-order valence-corrected chi connectivity index (χ4v) is 5.02. The van der Waals surface area contributed by atoms with Gasteiger partial charge in [0, 0.05) is 29.9 Å². The molecule has 206 valence electrons. The molecular formula is C29H32ClN2O6P. The van der Waals surface area contributed by atoms with Crippen molar-refractivity contribution in [3.05, 3.63) is 88.7 Å². The van der Waals surface area contributed by atoms with Crippen molar-refractivity contribution in [3.8, 4) is 17.0 Å². The SMILES string of the molecule is Cc1cccn2cc(-c3ccc(C[C@@H](CCOP(=O)(O)O)CC(=O)c4ccc(OC(C)C)c(Cl)c4)cc3)nc12. The normalized spacial score (nSPS) is 12.7. The first kappa shape index (κ1) is 29.0. The zero-order valence-corrected chi connectivity index (χ0v) is 23.7. The number of fused-ring (bicyclic) bond motifs is 1. The van der Waals surface area contributed by atoms with E-state index in [4.69, 9.17) is 31.1 Å². The molecule has 39 heavy (non-hydrogen) atoms. The zero-order chi connectivity index (χ0) is 28.2. The van der Waals surface area contributed by atoms with Gasteiger partial charge < -0.3 is 18.9 Å². The Balaban J connectivity index is 1.48. The van der Waals surface area contributed by atoms with E-state index >= 15 is 0 Å². The van der Waals surface area contributed by atoms with Crippen LogP contribution in [0.3, 0.4) is 0 Å². The number of benzene rings is 2. The molecule has 0 radical (unpaired) electrons. The third-order valence-corrected chi connectivity index (χ3v) is 7.14. The minimum atomic E-state index is -4.60. The molecule has 8 nitrogen and oxygen atoms in total. The molecule has 0 fully saturated rings. The maximum atomic E-state index is 13.1. The van der Waals surface area contributed by atoms with Crippen molar-refractivity contribution in [2.24, 2.45) is 5.92 Å². The number of carbonyl (C=O) groups is 1. The van der Waals surface area contributed by atoms with Gasteiger partial charge in [-0.1, -0.05) is 41.9 Å². The van der Waals surface area contributed by atoms with Gasteiger partial charge in [-0.25, -0.2) is 9.55 Å². The molecule has 0 saturated heterocycles. The van der Waals surface area contributed by atoms with Crippen LogP contribution in [0.15, 0.2) is 67.0 Å². The number of nitrogens with zero attached hydrogens (tertiary/aromatic N) is 2. The van der Waals surface area contributed by atoms with E-state index in [-0.39, 0.29) is 30.8 Å². The van der Waals surface area contributed by atoms with Gasteiger partial charge in [0.2, 0.25) is 0 Å². The summed E-state index contributed by atoms with van der Waals surface area (Å²) in [6.45, 7) is 5.65. The van der Waals surface area contributed by atoms with Crippen molar-refractivity contribution in [3.63, 3.8) is 0 Å². The molecule has 0 aliphatic rings. The molecule has 0 spiro atoms.